The summed E-state index contributed by atoms with van der Waals surface area (Å²) >= 11 is 0. The number of rotatable bonds is 2. The molecule has 0 heterocycles. The van der Waals surface area contributed by atoms with Gasteiger partial charge < -0.3 is 0 Å². The van der Waals surface area contributed by atoms with E-state index >= 15 is 0 Å². The van der Waals surface area contributed by atoms with Gasteiger partial charge in [0.1, 0.15) is 0 Å². The molecule has 66 valence electrons. The second-order valence-electron chi connectivity index (χ2n) is 4.54. The summed E-state index contributed by atoms with van der Waals surface area (Å²) in [4.78, 5) is 0. The van der Waals surface area contributed by atoms with Crippen LogP contribution in [0.5, 0.6) is 0 Å². The Hall–Kier alpha value is 0. The lowest BCUT2D eigenvalue weighted by Gasteiger charge is -2.25. The first-order chi connectivity index (χ1) is 5.16. The van der Waals surface area contributed by atoms with Gasteiger partial charge in [-0.2, -0.15) is 0 Å². The van der Waals surface area contributed by atoms with Crippen molar-refractivity contribution in [1.82, 2.24) is 0 Å². The summed E-state index contributed by atoms with van der Waals surface area (Å²) in [7, 11) is 0. The van der Waals surface area contributed by atoms with E-state index in [4.69, 9.17) is 0 Å². The van der Waals surface area contributed by atoms with E-state index in [2.05, 4.69) is 27.7 Å². The van der Waals surface area contributed by atoms with Crippen LogP contribution in [0.25, 0.3) is 0 Å². The van der Waals surface area contributed by atoms with Crippen molar-refractivity contribution in [3.8, 4) is 0 Å². The Kier molecular flexibility index (Phi) is 2.98. The summed E-state index contributed by atoms with van der Waals surface area (Å²) in [6.07, 6.45) is 4.36. The molecule has 0 N–H and O–H groups in total. The predicted molar refractivity (Wildman–Crippen MR) is 50.5 cm³/mol. The smallest absolute Gasteiger partial charge is 0.0337 e. The standard InChI is InChI=1S/C11H22/c1-5-10-7-6-9(4)11(10)8(2)3/h8-11H,5-7H2,1-4H3. The molecule has 0 spiro atoms. The topological polar surface area (TPSA) is 0 Å². The van der Waals surface area contributed by atoms with Gasteiger partial charge in [0, 0.05) is 0 Å². The molecule has 0 nitrogen and oxygen atoms in total. The van der Waals surface area contributed by atoms with Crippen LogP contribution in [0.3, 0.4) is 0 Å². The minimum Gasteiger partial charge on any atom is -0.0651 e. The molecular weight excluding hydrogens is 132 g/mol. The van der Waals surface area contributed by atoms with Gasteiger partial charge in [-0.15, -0.1) is 0 Å². The van der Waals surface area contributed by atoms with Gasteiger partial charge in [0.05, 0.1) is 0 Å². The lowest BCUT2D eigenvalue weighted by atomic mass is 9.80. The van der Waals surface area contributed by atoms with Crippen LogP contribution in [0, 0.1) is 23.7 Å². The van der Waals surface area contributed by atoms with E-state index in [0.717, 1.165) is 23.7 Å². The van der Waals surface area contributed by atoms with Crippen LogP contribution >= 0.6 is 0 Å². The Labute approximate surface area is 71.4 Å². The summed E-state index contributed by atoms with van der Waals surface area (Å²) in [5, 5.41) is 0. The SMILES string of the molecule is CCC1CCC(C)C1C(C)C. The maximum atomic E-state index is 2.43. The Bertz CT molecular complexity index is 115. The fourth-order valence-corrected chi connectivity index (χ4v) is 3.00. The highest BCUT2D eigenvalue weighted by Crippen LogP contribution is 2.42. The monoisotopic (exact) mass is 154 g/mol. The van der Waals surface area contributed by atoms with Crippen LogP contribution in [-0.2, 0) is 0 Å². The molecule has 1 rings (SSSR count). The maximum absolute atomic E-state index is 2.43. The van der Waals surface area contributed by atoms with E-state index in [1.807, 2.05) is 0 Å². The van der Waals surface area contributed by atoms with E-state index < -0.39 is 0 Å². The molecule has 0 aromatic carbocycles. The third-order valence-electron chi connectivity index (χ3n) is 3.49. The molecule has 0 radical (unpaired) electrons. The third kappa shape index (κ3) is 1.77. The third-order valence-corrected chi connectivity index (χ3v) is 3.49. The first kappa shape index (κ1) is 9.09. The van der Waals surface area contributed by atoms with Crippen LogP contribution < -0.4 is 0 Å². The molecule has 0 heteroatoms. The summed E-state index contributed by atoms with van der Waals surface area (Å²) in [6.45, 7) is 9.54. The molecule has 1 fully saturated rings. The van der Waals surface area contributed by atoms with Crippen LogP contribution in [0.2, 0.25) is 0 Å². The van der Waals surface area contributed by atoms with Crippen molar-refractivity contribution in [3.05, 3.63) is 0 Å². The quantitative estimate of drug-likeness (QED) is 0.568. The Morgan fingerprint density at radius 2 is 1.91 bits per heavy atom. The zero-order valence-corrected chi connectivity index (χ0v) is 8.43. The zero-order valence-electron chi connectivity index (χ0n) is 8.43. The Morgan fingerprint density at radius 3 is 2.27 bits per heavy atom. The molecule has 0 amide bonds. The number of hydrogen-bond donors (Lipinski definition) is 0. The summed E-state index contributed by atoms with van der Waals surface area (Å²) < 4.78 is 0. The van der Waals surface area contributed by atoms with Gasteiger partial charge >= 0.3 is 0 Å². The van der Waals surface area contributed by atoms with Gasteiger partial charge in [-0.05, 0) is 30.1 Å². The predicted octanol–water partition coefficient (Wildman–Crippen LogP) is 3.71. The first-order valence-corrected chi connectivity index (χ1v) is 5.16. The Morgan fingerprint density at radius 1 is 1.27 bits per heavy atom. The maximum Gasteiger partial charge on any atom is -0.0337 e. The van der Waals surface area contributed by atoms with Crippen LogP contribution in [0.15, 0.2) is 0 Å². The molecule has 11 heavy (non-hydrogen) atoms. The van der Waals surface area contributed by atoms with Gasteiger partial charge in [-0.3, -0.25) is 0 Å². The molecule has 0 aromatic rings. The van der Waals surface area contributed by atoms with Crippen molar-refractivity contribution >= 4 is 0 Å². The molecule has 1 aliphatic rings. The van der Waals surface area contributed by atoms with Crippen molar-refractivity contribution < 1.29 is 0 Å². The average Bonchev–Trinajstić information content (AvgIpc) is 2.30. The second kappa shape index (κ2) is 3.60. The van der Waals surface area contributed by atoms with Gasteiger partial charge in [-0.25, -0.2) is 0 Å². The summed E-state index contributed by atoms with van der Waals surface area (Å²) in [6, 6.07) is 0. The first-order valence-electron chi connectivity index (χ1n) is 5.16. The fraction of sp³-hybridized carbons (Fsp3) is 1.00. The van der Waals surface area contributed by atoms with E-state index in [9.17, 15) is 0 Å². The van der Waals surface area contributed by atoms with E-state index in [-0.39, 0.29) is 0 Å². The minimum absolute atomic E-state index is 0.900. The van der Waals surface area contributed by atoms with E-state index in [1.54, 1.807) is 0 Å². The molecular formula is C11H22. The molecule has 3 unspecified atom stereocenters. The molecule has 0 aromatic heterocycles. The van der Waals surface area contributed by atoms with Gasteiger partial charge in [0.15, 0.2) is 0 Å². The van der Waals surface area contributed by atoms with Crippen molar-refractivity contribution in [2.75, 3.05) is 0 Å². The van der Waals surface area contributed by atoms with E-state index in [1.165, 1.54) is 19.3 Å². The molecule has 3 atom stereocenters. The minimum atomic E-state index is 0.900. The molecule has 0 saturated heterocycles. The highest BCUT2D eigenvalue weighted by Gasteiger charge is 2.33. The van der Waals surface area contributed by atoms with Gasteiger partial charge in [0.2, 0.25) is 0 Å². The highest BCUT2D eigenvalue weighted by atomic mass is 14.4. The average molecular weight is 154 g/mol. The normalized spacial score (nSPS) is 38.5. The van der Waals surface area contributed by atoms with Gasteiger partial charge in [-0.1, -0.05) is 40.5 Å². The number of hydrogen-bond acceptors (Lipinski definition) is 0. The second-order valence-corrected chi connectivity index (χ2v) is 4.54. The molecule has 1 aliphatic carbocycles. The zero-order chi connectivity index (χ0) is 8.43. The van der Waals surface area contributed by atoms with Crippen LogP contribution in [-0.4, -0.2) is 0 Å². The molecule has 1 saturated carbocycles. The lowest BCUT2D eigenvalue weighted by Crippen LogP contribution is -2.18. The van der Waals surface area contributed by atoms with Crippen LogP contribution in [0.1, 0.15) is 47.0 Å². The summed E-state index contributed by atoms with van der Waals surface area (Å²) in [5.41, 5.74) is 0. The van der Waals surface area contributed by atoms with Crippen LogP contribution in [0.4, 0.5) is 0 Å². The summed E-state index contributed by atoms with van der Waals surface area (Å²) in [5.74, 6) is 3.93. The van der Waals surface area contributed by atoms with Crippen molar-refractivity contribution in [2.24, 2.45) is 23.7 Å². The van der Waals surface area contributed by atoms with Crippen molar-refractivity contribution in [1.29, 1.82) is 0 Å². The Balaban J connectivity index is 2.56. The highest BCUT2D eigenvalue weighted by molar-refractivity contribution is 4.83. The fourth-order valence-electron chi connectivity index (χ4n) is 3.00. The van der Waals surface area contributed by atoms with Crippen molar-refractivity contribution in [2.45, 2.75) is 47.0 Å². The largest absolute Gasteiger partial charge is 0.0651 e. The van der Waals surface area contributed by atoms with Gasteiger partial charge in [0.25, 0.3) is 0 Å². The molecule has 0 bridgehead atoms. The lowest BCUT2D eigenvalue weighted by molar-refractivity contribution is 0.238. The molecule has 0 aliphatic heterocycles. The van der Waals surface area contributed by atoms with E-state index in [0.29, 0.717) is 0 Å². The van der Waals surface area contributed by atoms with Crippen molar-refractivity contribution in [3.63, 3.8) is 0 Å².